The second-order valence-corrected chi connectivity index (χ2v) is 8.78. The molecule has 2 N–H and O–H groups in total. The molecular weight excluding hydrogens is 440 g/mol. The highest BCUT2D eigenvalue weighted by molar-refractivity contribution is 6.01. The number of carbonyl (C=O) groups excluding carboxylic acids is 1. The topological polar surface area (TPSA) is 68.8 Å². The SMILES string of the molecule is CCOc1ccc([C@H]2Nc3ccccc3NC3=C2C(=O)C[C@@H](c2ccc(OC)c(OC)c2)C3)cc1. The van der Waals surface area contributed by atoms with Gasteiger partial charge in [0.25, 0.3) is 0 Å². The number of hydrogen-bond acceptors (Lipinski definition) is 6. The minimum atomic E-state index is -0.254. The first kappa shape index (κ1) is 22.8. The molecule has 2 atom stereocenters. The highest BCUT2D eigenvalue weighted by atomic mass is 16.5. The lowest BCUT2D eigenvalue weighted by Gasteiger charge is -2.30. The van der Waals surface area contributed by atoms with E-state index >= 15 is 0 Å². The Kier molecular flexibility index (Phi) is 6.36. The van der Waals surface area contributed by atoms with Crippen LogP contribution in [0.1, 0.15) is 42.9 Å². The molecule has 0 aromatic heterocycles. The molecule has 0 unspecified atom stereocenters. The molecule has 0 spiro atoms. The maximum atomic E-state index is 13.7. The van der Waals surface area contributed by atoms with E-state index in [1.807, 2.05) is 73.7 Å². The van der Waals surface area contributed by atoms with Crippen LogP contribution in [0.25, 0.3) is 0 Å². The lowest BCUT2D eigenvalue weighted by atomic mass is 9.78. The number of anilines is 2. The second kappa shape index (κ2) is 9.74. The fourth-order valence-electron chi connectivity index (χ4n) is 5.01. The zero-order valence-corrected chi connectivity index (χ0v) is 20.3. The molecule has 1 aliphatic heterocycles. The van der Waals surface area contributed by atoms with E-state index in [9.17, 15) is 4.79 Å². The van der Waals surface area contributed by atoms with Crippen molar-refractivity contribution in [3.8, 4) is 17.2 Å². The molecule has 2 aliphatic rings. The third-order valence-corrected chi connectivity index (χ3v) is 6.71. The van der Waals surface area contributed by atoms with E-state index in [0.29, 0.717) is 24.5 Å². The van der Waals surface area contributed by atoms with Crippen LogP contribution in [0.4, 0.5) is 11.4 Å². The van der Waals surface area contributed by atoms with Gasteiger partial charge in [0.15, 0.2) is 17.3 Å². The van der Waals surface area contributed by atoms with Crippen molar-refractivity contribution < 1.29 is 19.0 Å². The molecule has 3 aromatic carbocycles. The van der Waals surface area contributed by atoms with Crippen molar-refractivity contribution in [2.24, 2.45) is 0 Å². The smallest absolute Gasteiger partial charge is 0.163 e. The van der Waals surface area contributed by atoms with Crippen molar-refractivity contribution in [1.29, 1.82) is 0 Å². The van der Waals surface area contributed by atoms with E-state index in [-0.39, 0.29) is 17.7 Å². The van der Waals surface area contributed by atoms with E-state index < -0.39 is 0 Å². The third-order valence-electron chi connectivity index (χ3n) is 6.71. The van der Waals surface area contributed by atoms with E-state index in [1.54, 1.807) is 14.2 Å². The number of carbonyl (C=O) groups is 1. The number of methoxy groups -OCH3 is 2. The molecule has 1 aliphatic carbocycles. The summed E-state index contributed by atoms with van der Waals surface area (Å²) in [5, 5.41) is 7.22. The normalized spacial score (nSPS) is 19.0. The number of Topliss-reactive ketones (excluding diaryl/α,β-unsaturated/α-hetero) is 1. The average molecular weight is 471 g/mol. The molecule has 0 saturated heterocycles. The van der Waals surface area contributed by atoms with Gasteiger partial charge >= 0.3 is 0 Å². The van der Waals surface area contributed by atoms with Crippen LogP contribution < -0.4 is 24.8 Å². The van der Waals surface area contributed by atoms with Gasteiger partial charge in [0, 0.05) is 17.7 Å². The number of rotatable bonds is 6. The Labute approximate surface area is 205 Å². The fourth-order valence-corrected chi connectivity index (χ4v) is 5.01. The molecule has 3 aromatic rings. The molecule has 0 saturated carbocycles. The van der Waals surface area contributed by atoms with Crippen molar-refractivity contribution in [2.45, 2.75) is 31.7 Å². The number of ketones is 1. The molecule has 6 heteroatoms. The van der Waals surface area contributed by atoms with Crippen molar-refractivity contribution in [2.75, 3.05) is 31.5 Å². The highest BCUT2D eigenvalue weighted by Gasteiger charge is 2.36. The van der Waals surface area contributed by atoms with Crippen LogP contribution in [-0.2, 0) is 4.79 Å². The molecule has 0 fully saturated rings. The Balaban J connectivity index is 1.55. The van der Waals surface area contributed by atoms with Gasteiger partial charge in [0.05, 0.1) is 38.2 Å². The molecule has 6 nitrogen and oxygen atoms in total. The molecule has 0 bridgehead atoms. The van der Waals surface area contributed by atoms with Crippen molar-refractivity contribution in [1.82, 2.24) is 0 Å². The van der Waals surface area contributed by atoms with Gasteiger partial charge in [-0.1, -0.05) is 30.3 Å². The molecule has 1 heterocycles. The van der Waals surface area contributed by atoms with Gasteiger partial charge in [0.1, 0.15) is 5.75 Å². The van der Waals surface area contributed by atoms with Gasteiger partial charge in [-0.25, -0.2) is 0 Å². The quantitative estimate of drug-likeness (QED) is 0.455. The number of nitrogens with one attached hydrogen (secondary N) is 2. The summed E-state index contributed by atoms with van der Waals surface area (Å²) in [6.45, 7) is 2.58. The Morgan fingerprint density at radius 3 is 2.29 bits per heavy atom. The molecule has 0 amide bonds. The monoisotopic (exact) mass is 470 g/mol. The Bertz CT molecular complexity index is 1270. The predicted molar refractivity (Wildman–Crippen MR) is 138 cm³/mol. The van der Waals surface area contributed by atoms with Gasteiger partial charge in [-0.05, 0) is 66.8 Å². The minimum Gasteiger partial charge on any atom is -0.494 e. The first-order valence-electron chi connectivity index (χ1n) is 11.9. The largest absolute Gasteiger partial charge is 0.494 e. The maximum absolute atomic E-state index is 13.7. The van der Waals surface area contributed by atoms with E-state index in [0.717, 1.165) is 45.9 Å². The zero-order valence-electron chi connectivity index (χ0n) is 20.3. The number of hydrogen-bond donors (Lipinski definition) is 2. The van der Waals surface area contributed by atoms with Crippen LogP contribution in [0.15, 0.2) is 78.0 Å². The average Bonchev–Trinajstić information content (AvgIpc) is 3.06. The van der Waals surface area contributed by atoms with Crippen LogP contribution >= 0.6 is 0 Å². The molecule has 35 heavy (non-hydrogen) atoms. The lowest BCUT2D eigenvalue weighted by molar-refractivity contribution is -0.116. The van der Waals surface area contributed by atoms with E-state index in [1.165, 1.54) is 0 Å². The number of benzene rings is 3. The van der Waals surface area contributed by atoms with Crippen LogP contribution in [-0.4, -0.2) is 26.6 Å². The van der Waals surface area contributed by atoms with E-state index in [4.69, 9.17) is 14.2 Å². The Hall–Kier alpha value is -3.93. The zero-order chi connectivity index (χ0) is 24.4. The third kappa shape index (κ3) is 4.44. The summed E-state index contributed by atoms with van der Waals surface area (Å²) in [5.41, 5.74) is 5.77. The number of ether oxygens (including phenoxy) is 3. The highest BCUT2D eigenvalue weighted by Crippen LogP contribution is 2.45. The van der Waals surface area contributed by atoms with Gasteiger partial charge in [0.2, 0.25) is 0 Å². The molecule has 180 valence electrons. The van der Waals surface area contributed by atoms with Crippen LogP contribution in [0, 0.1) is 0 Å². The van der Waals surface area contributed by atoms with Crippen LogP contribution in [0.5, 0.6) is 17.2 Å². The van der Waals surface area contributed by atoms with E-state index in [2.05, 4.69) is 10.6 Å². The summed E-state index contributed by atoms with van der Waals surface area (Å²) in [6.07, 6.45) is 1.15. The summed E-state index contributed by atoms with van der Waals surface area (Å²) >= 11 is 0. The molecular formula is C29H30N2O4. The van der Waals surface area contributed by atoms with Gasteiger partial charge in [-0.15, -0.1) is 0 Å². The minimum absolute atomic E-state index is 0.0415. The number of allylic oxidation sites excluding steroid dienone is 1. The predicted octanol–water partition coefficient (Wildman–Crippen LogP) is 6.08. The second-order valence-electron chi connectivity index (χ2n) is 8.78. The van der Waals surface area contributed by atoms with Crippen molar-refractivity contribution in [3.05, 3.63) is 89.1 Å². The number of fused-ring (bicyclic) bond motifs is 1. The maximum Gasteiger partial charge on any atom is 0.163 e. The number of para-hydroxylation sites is 2. The summed E-state index contributed by atoms with van der Waals surface area (Å²) < 4.78 is 16.5. The molecule has 5 rings (SSSR count). The molecule has 0 radical (unpaired) electrons. The van der Waals surface area contributed by atoms with Crippen LogP contribution in [0.2, 0.25) is 0 Å². The van der Waals surface area contributed by atoms with Gasteiger partial charge < -0.3 is 24.8 Å². The van der Waals surface area contributed by atoms with Gasteiger partial charge in [-0.3, -0.25) is 4.79 Å². The first-order chi connectivity index (χ1) is 17.1. The lowest BCUT2D eigenvalue weighted by Crippen LogP contribution is -2.26. The standard InChI is InChI=1S/C29H30N2O4/c1-4-35-21-12-9-18(10-13-21)29-28-24(30-22-7-5-6-8-23(22)31-29)15-20(16-25(28)32)19-11-14-26(33-2)27(17-19)34-3/h5-14,17,20,29-31H,4,15-16H2,1-3H3/t20-,29+/m0/s1. The van der Waals surface area contributed by atoms with Crippen molar-refractivity contribution in [3.63, 3.8) is 0 Å². The summed E-state index contributed by atoms with van der Waals surface area (Å²) in [6, 6.07) is 21.7. The summed E-state index contributed by atoms with van der Waals surface area (Å²) in [5.74, 6) is 2.35. The summed E-state index contributed by atoms with van der Waals surface area (Å²) in [4.78, 5) is 13.7. The Morgan fingerprint density at radius 2 is 1.57 bits per heavy atom. The summed E-state index contributed by atoms with van der Waals surface area (Å²) in [7, 11) is 3.25. The fraction of sp³-hybridized carbons (Fsp3) is 0.276. The Morgan fingerprint density at radius 1 is 0.857 bits per heavy atom. The van der Waals surface area contributed by atoms with Crippen molar-refractivity contribution >= 4 is 17.2 Å². The first-order valence-corrected chi connectivity index (χ1v) is 11.9. The van der Waals surface area contributed by atoms with Gasteiger partial charge in [-0.2, -0.15) is 0 Å². The van der Waals surface area contributed by atoms with Crippen LogP contribution in [0.3, 0.4) is 0 Å².